The maximum atomic E-state index is 11.7. The summed E-state index contributed by atoms with van der Waals surface area (Å²) in [5, 5.41) is 0. The molecular weight excluding hydrogens is 310 g/mol. The number of rotatable bonds is 7. The summed E-state index contributed by atoms with van der Waals surface area (Å²) in [5.41, 5.74) is -1.43. The van der Waals surface area contributed by atoms with Crippen molar-refractivity contribution in [2.45, 2.75) is 98.4 Å². The number of nitrogens with zero attached hydrogens (tertiary/aromatic N) is 1. The van der Waals surface area contributed by atoms with E-state index in [1.807, 2.05) is 0 Å². The second kappa shape index (κ2) is 9.25. The summed E-state index contributed by atoms with van der Waals surface area (Å²) < 4.78 is 14.7. The molecule has 0 heterocycles. The van der Waals surface area contributed by atoms with Gasteiger partial charge >= 0.3 is 12.3 Å². The highest BCUT2D eigenvalue weighted by Gasteiger charge is 2.27. The summed E-state index contributed by atoms with van der Waals surface area (Å²) in [6, 6.07) is 0.928. The molecule has 0 spiro atoms. The minimum atomic E-state index is -1.05. The van der Waals surface area contributed by atoms with Gasteiger partial charge < -0.3 is 14.2 Å². The molecule has 142 valence electrons. The lowest BCUT2D eigenvalue weighted by Gasteiger charge is -2.32. The average molecular weight is 345 g/mol. The molecule has 0 aromatic rings. The zero-order valence-corrected chi connectivity index (χ0v) is 16.8. The van der Waals surface area contributed by atoms with E-state index in [9.17, 15) is 9.59 Å². The van der Waals surface area contributed by atoms with Crippen molar-refractivity contribution in [2.24, 2.45) is 0 Å². The third kappa shape index (κ3) is 10.5. The van der Waals surface area contributed by atoms with Gasteiger partial charge in [0, 0.05) is 12.1 Å². The van der Waals surface area contributed by atoms with Crippen molar-refractivity contribution in [1.82, 2.24) is 4.90 Å². The van der Waals surface area contributed by atoms with Crippen LogP contribution < -0.4 is 0 Å². The van der Waals surface area contributed by atoms with Gasteiger partial charge in [-0.2, -0.15) is 0 Å². The highest BCUT2D eigenvalue weighted by Crippen LogP contribution is 2.19. The Morgan fingerprint density at radius 1 is 0.875 bits per heavy atom. The van der Waals surface area contributed by atoms with Crippen molar-refractivity contribution in [3.63, 3.8) is 0 Å². The highest BCUT2D eigenvalue weighted by molar-refractivity contribution is 5.77. The van der Waals surface area contributed by atoms with Crippen molar-refractivity contribution < 1.29 is 23.8 Å². The minimum Gasteiger partial charge on any atom is -0.428 e. The van der Waals surface area contributed by atoms with Gasteiger partial charge in [0.25, 0.3) is 0 Å². The Bertz CT molecular complexity index is 402. The quantitative estimate of drug-likeness (QED) is 0.490. The van der Waals surface area contributed by atoms with Crippen LogP contribution in [0.5, 0.6) is 0 Å². The molecule has 0 aliphatic rings. The van der Waals surface area contributed by atoms with Crippen LogP contribution in [-0.2, 0) is 14.2 Å². The lowest BCUT2D eigenvalue weighted by molar-refractivity contribution is -0.0377. The zero-order chi connectivity index (χ0) is 19.1. The molecule has 0 atom stereocenters. The second-order valence-corrected chi connectivity index (χ2v) is 8.21. The topological polar surface area (TPSA) is 65.1 Å². The monoisotopic (exact) mass is 345 g/mol. The number of hydrogen-bond donors (Lipinski definition) is 0. The van der Waals surface area contributed by atoms with Crippen molar-refractivity contribution in [3.05, 3.63) is 0 Å². The number of hydrogen-bond acceptors (Lipinski definition) is 6. The van der Waals surface area contributed by atoms with Gasteiger partial charge in [-0.1, -0.05) is 0 Å². The molecule has 0 saturated carbocycles. The van der Waals surface area contributed by atoms with E-state index in [-0.39, 0.29) is 0 Å². The van der Waals surface area contributed by atoms with Gasteiger partial charge in [0.2, 0.25) is 0 Å². The first-order chi connectivity index (χ1) is 10.7. The first kappa shape index (κ1) is 22.7. The number of ether oxygens (including phenoxy) is 3. The normalized spacial score (nSPS) is 12.7. The van der Waals surface area contributed by atoms with E-state index in [1.54, 1.807) is 34.6 Å². The molecule has 0 rings (SSSR count). The van der Waals surface area contributed by atoms with Crippen LogP contribution in [0.1, 0.15) is 75.2 Å². The first-order valence-electron chi connectivity index (χ1n) is 8.63. The van der Waals surface area contributed by atoms with Crippen LogP contribution in [0, 0.1) is 0 Å². The van der Waals surface area contributed by atoms with Gasteiger partial charge in [-0.25, -0.2) is 9.59 Å². The molecule has 0 aromatic heterocycles. The second-order valence-electron chi connectivity index (χ2n) is 8.21. The summed E-state index contributed by atoms with van der Waals surface area (Å²) in [6.07, 6.45) is -0.525. The van der Waals surface area contributed by atoms with E-state index in [0.717, 1.165) is 13.0 Å². The fourth-order valence-electron chi connectivity index (χ4n) is 2.44. The van der Waals surface area contributed by atoms with Crippen LogP contribution in [-0.4, -0.2) is 47.0 Å². The highest BCUT2D eigenvalue weighted by atomic mass is 16.8. The third-order valence-corrected chi connectivity index (χ3v) is 3.44. The smallest absolute Gasteiger partial charge is 0.428 e. The standard InChI is InChI=1S/C18H35NO5/c1-13(2)19(14(3)4)12-10-11-18(8,9)24-16(21)22-15(20)23-17(5,6)7/h13-14H,10-12H2,1-9H3. The molecule has 0 radical (unpaired) electrons. The molecule has 0 saturated heterocycles. The Balaban J connectivity index is 4.33. The lowest BCUT2D eigenvalue weighted by atomic mass is 10.0. The van der Waals surface area contributed by atoms with Crippen LogP contribution in [0.4, 0.5) is 9.59 Å². The maximum Gasteiger partial charge on any atom is 0.519 e. The predicted molar refractivity (Wildman–Crippen MR) is 94.1 cm³/mol. The number of carbonyl (C=O) groups excluding carboxylic acids is 2. The summed E-state index contributed by atoms with van der Waals surface area (Å²) in [7, 11) is 0. The molecular formula is C18H35NO5. The summed E-state index contributed by atoms with van der Waals surface area (Å²) >= 11 is 0. The lowest BCUT2D eigenvalue weighted by Crippen LogP contribution is -2.39. The molecule has 24 heavy (non-hydrogen) atoms. The van der Waals surface area contributed by atoms with E-state index in [4.69, 9.17) is 9.47 Å². The van der Waals surface area contributed by atoms with Crippen molar-refractivity contribution in [1.29, 1.82) is 0 Å². The molecule has 6 heteroatoms. The Hall–Kier alpha value is -1.30. The largest absolute Gasteiger partial charge is 0.519 e. The van der Waals surface area contributed by atoms with E-state index >= 15 is 0 Å². The summed E-state index contributed by atoms with van der Waals surface area (Å²) in [4.78, 5) is 25.6. The van der Waals surface area contributed by atoms with Crippen molar-refractivity contribution in [2.75, 3.05) is 6.54 Å². The molecule has 0 amide bonds. The molecule has 0 fully saturated rings. The fourth-order valence-corrected chi connectivity index (χ4v) is 2.44. The van der Waals surface area contributed by atoms with Gasteiger partial charge in [-0.3, -0.25) is 4.90 Å². The van der Waals surface area contributed by atoms with Gasteiger partial charge in [0.15, 0.2) is 0 Å². The van der Waals surface area contributed by atoms with E-state index in [2.05, 4.69) is 37.3 Å². The third-order valence-electron chi connectivity index (χ3n) is 3.44. The maximum absolute atomic E-state index is 11.7. The van der Waals surface area contributed by atoms with E-state index in [0.29, 0.717) is 18.5 Å². The Kier molecular flexibility index (Phi) is 8.75. The average Bonchev–Trinajstić information content (AvgIpc) is 2.29. The van der Waals surface area contributed by atoms with Crippen LogP contribution in [0.2, 0.25) is 0 Å². The van der Waals surface area contributed by atoms with Crippen LogP contribution in [0.25, 0.3) is 0 Å². The van der Waals surface area contributed by atoms with Crippen LogP contribution >= 0.6 is 0 Å². The van der Waals surface area contributed by atoms with E-state index < -0.39 is 23.5 Å². The fraction of sp³-hybridized carbons (Fsp3) is 0.889. The van der Waals surface area contributed by atoms with Crippen molar-refractivity contribution >= 4 is 12.3 Å². The van der Waals surface area contributed by atoms with Gasteiger partial charge in [0.1, 0.15) is 11.2 Å². The predicted octanol–water partition coefficient (Wildman–Crippen LogP) is 4.75. The van der Waals surface area contributed by atoms with Gasteiger partial charge in [0.05, 0.1) is 0 Å². The molecule has 0 aromatic carbocycles. The SMILES string of the molecule is CC(C)N(CCCC(C)(C)OC(=O)OC(=O)OC(C)(C)C)C(C)C. The van der Waals surface area contributed by atoms with Crippen LogP contribution in [0.3, 0.4) is 0 Å². The first-order valence-corrected chi connectivity index (χ1v) is 8.63. The minimum absolute atomic E-state index is 0.464. The Morgan fingerprint density at radius 3 is 1.75 bits per heavy atom. The summed E-state index contributed by atoms with van der Waals surface area (Å²) in [5.74, 6) is 0. The molecule has 0 aliphatic heterocycles. The molecule has 0 bridgehead atoms. The van der Waals surface area contributed by atoms with E-state index in [1.165, 1.54) is 0 Å². The molecule has 0 unspecified atom stereocenters. The molecule has 0 aliphatic carbocycles. The number of carbonyl (C=O) groups is 2. The van der Waals surface area contributed by atoms with Gasteiger partial charge in [-0.05, 0) is 81.7 Å². The van der Waals surface area contributed by atoms with Gasteiger partial charge in [-0.15, -0.1) is 0 Å². The summed E-state index contributed by atoms with van der Waals surface area (Å²) in [6.45, 7) is 18.3. The van der Waals surface area contributed by atoms with Crippen LogP contribution in [0.15, 0.2) is 0 Å². The molecule has 6 nitrogen and oxygen atoms in total. The zero-order valence-electron chi connectivity index (χ0n) is 16.8. The Labute approximate surface area is 146 Å². The molecule has 0 N–H and O–H groups in total. The Morgan fingerprint density at radius 2 is 1.33 bits per heavy atom. The van der Waals surface area contributed by atoms with Crippen molar-refractivity contribution in [3.8, 4) is 0 Å².